The van der Waals surface area contributed by atoms with Crippen molar-refractivity contribution in [3.63, 3.8) is 0 Å². The zero-order chi connectivity index (χ0) is 29.1. The molecule has 228 valence electrons. The number of halogens is 1. The highest BCUT2D eigenvalue weighted by atomic mass is 19.1. The molecule has 2 atom stereocenters. The number of carbonyl (C=O) groups is 1. The molecule has 0 spiro atoms. The van der Waals surface area contributed by atoms with E-state index < -0.39 is 17.8 Å². The summed E-state index contributed by atoms with van der Waals surface area (Å²) in [6.45, 7) is 3.41. The number of carboxylic acid groups (broad SMARTS) is 1. The fourth-order valence-corrected chi connectivity index (χ4v) is 7.62. The van der Waals surface area contributed by atoms with Crippen LogP contribution in [0, 0.1) is 5.82 Å². The van der Waals surface area contributed by atoms with Crippen molar-refractivity contribution in [1.82, 2.24) is 14.8 Å². The Bertz CT molecular complexity index is 1240. The molecule has 3 fully saturated rings. The quantitative estimate of drug-likeness (QED) is 0.307. The maximum absolute atomic E-state index is 15.2. The van der Waals surface area contributed by atoms with Crippen LogP contribution in [0.4, 0.5) is 10.2 Å². The second kappa shape index (κ2) is 13.3. The van der Waals surface area contributed by atoms with E-state index in [9.17, 15) is 9.90 Å². The lowest BCUT2D eigenvalue weighted by molar-refractivity contribution is -0.143. The average Bonchev–Trinajstić information content (AvgIpc) is 3.71. The average molecular weight is 581 g/mol. The summed E-state index contributed by atoms with van der Waals surface area (Å²) in [6, 6.07) is 7.90. The van der Waals surface area contributed by atoms with Crippen LogP contribution in [0.2, 0.25) is 0 Å². The molecule has 42 heavy (non-hydrogen) atoms. The van der Waals surface area contributed by atoms with Crippen molar-refractivity contribution in [2.24, 2.45) is 0 Å². The van der Waals surface area contributed by atoms with E-state index in [1.807, 2.05) is 11.0 Å². The van der Waals surface area contributed by atoms with Gasteiger partial charge in [-0.05, 0) is 93.5 Å². The number of nitrogens with zero attached hydrogens (tertiary/aromatic N) is 3. The Balaban J connectivity index is 1.01. The van der Waals surface area contributed by atoms with Gasteiger partial charge in [0.1, 0.15) is 11.9 Å². The normalized spacial score (nSPS) is 24.5. The summed E-state index contributed by atoms with van der Waals surface area (Å²) in [6.07, 6.45) is 11.9. The van der Waals surface area contributed by atoms with Crippen LogP contribution in [0.15, 0.2) is 24.3 Å². The van der Waals surface area contributed by atoms with E-state index in [4.69, 9.17) is 14.5 Å². The summed E-state index contributed by atoms with van der Waals surface area (Å²) in [7, 11) is 1.41. The number of hydrogen-bond donors (Lipinski definition) is 2. The van der Waals surface area contributed by atoms with Gasteiger partial charge in [0.2, 0.25) is 0 Å². The van der Waals surface area contributed by atoms with Gasteiger partial charge in [0.05, 0.1) is 13.2 Å². The molecule has 0 amide bonds. The predicted molar refractivity (Wildman–Crippen MR) is 159 cm³/mol. The minimum Gasteiger partial charge on any atom is -0.493 e. The van der Waals surface area contributed by atoms with Gasteiger partial charge in [0, 0.05) is 56.1 Å². The Kier molecular flexibility index (Phi) is 9.26. The minimum absolute atomic E-state index is 0.0283. The van der Waals surface area contributed by atoms with Crippen molar-refractivity contribution in [2.75, 3.05) is 38.7 Å². The van der Waals surface area contributed by atoms with Crippen LogP contribution in [0.3, 0.4) is 0 Å². The topological polar surface area (TPSA) is 87.2 Å². The maximum atomic E-state index is 15.2. The Labute approximate surface area is 248 Å². The molecule has 8 nitrogen and oxygen atoms in total. The van der Waals surface area contributed by atoms with Crippen LogP contribution < -0.4 is 10.1 Å². The molecular formula is C33H45FN4O4. The molecule has 2 bridgehead atoms. The number of fused-ring (bicyclic) bond motifs is 3. The van der Waals surface area contributed by atoms with Gasteiger partial charge < -0.3 is 19.9 Å². The van der Waals surface area contributed by atoms with Gasteiger partial charge in [-0.3, -0.25) is 14.6 Å². The fraction of sp³-hybridized carbons (Fsp3) is 0.636. The zero-order valence-electron chi connectivity index (χ0n) is 24.8. The summed E-state index contributed by atoms with van der Waals surface area (Å²) < 4.78 is 26.8. The fourth-order valence-electron chi connectivity index (χ4n) is 7.62. The first-order valence-corrected chi connectivity index (χ1v) is 15.9. The number of aliphatic carboxylic acids is 1. The van der Waals surface area contributed by atoms with E-state index in [1.54, 1.807) is 0 Å². The molecule has 6 rings (SSSR count). The summed E-state index contributed by atoms with van der Waals surface area (Å²) in [5.74, 6) is -0.392. The van der Waals surface area contributed by atoms with Crippen LogP contribution in [-0.2, 0) is 28.9 Å². The number of ether oxygens (including phenoxy) is 2. The van der Waals surface area contributed by atoms with E-state index in [-0.39, 0.29) is 11.9 Å². The molecule has 4 aliphatic heterocycles. The summed E-state index contributed by atoms with van der Waals surface area (Å²) >= 11 is 0. The van der Waals surface area contributed by atoms with E-state index >= 15 is 4.39 Å². The van der Waals surface area contributed by atoms with E-state index in [2.05, 4.69) is 22.3 Å². The molecule has 0 unspecified atom stereocenters. The van der Waals surface area contributed by atoms with Gasteiger partial charge >= 0.3 is 5.97 Å². The highest BCUT2D eigenvalue weighted by Gasteiger charge is 2.40. The van der Waals surface area contributed by atoms with Gasteiger partial charge in [0.25, 0.3) is 0 Å². The molecule has 2 N–H and O–H groups in total. The molecule has 9 heteroatoms. The maximum Gasteiger partial charge on any atom is 0.325 e. The highest BCUT2D eigenvalue weighted by molar-refractivity contribution is 5.77. The summed E-state index contributed by atoms with van der Waals surface area (Å²) in [4.78, 5) is 21.8. The van der Waals surface area contributed by atoms with E-state index in [0.717, 1.165) is 62.1 Å². The van der Waals surface area contributed by atoms with Crippen LogP contribution in [-0.4, -0.2) is 77.4 Å². The van der Waals surface area contributed by atoms with Gasteiger partial charge in [0.15, 0.2) is 11.6 Å². The third-order valence-electron chi connectivity index (χ3n) is 9.76. The third-order valence-corrected chi connectivity index (χ3v) is 9.76. The van der Waals surface area contributed by atoms with Crippen molar-refractivity contribution in [1.29, 1.82) is 0 Å². The first-order valence-electron chi connectivity index (χ1n) is 15.9. The van der Waals surface area contributed by atoms with Crippen LogP contribution in [0.5, 0.6) is 5.75 Å². The van der Waals surface area contributed by atoms with Gasteiger partial charge in [-0.25, -0.2) is 9.37 Å². The molecular weight excluding hydrogens is 535 g/mol. The molecule has 1 aromatic heterocycles. The molecule has 2 aromatic rings. The lowest BCUT2D eigenvalue weighted by atomic mass is 10.00. The number of carboxylic acids is 1. The van der Waals surface area contributed by atoms with Crippen molar-refractivity contribution < 1.29 is 23.8 Å². The first kappa shape index (κ1) is 29.3. The second-order valence-corrected chi connectivity index (χ2v) is 12.5. The minimum atomic E-state index is -0.988. The molecule has 0 aliphatic carbocycles. The predicted octanol–water partition coefficient (Wildman–Crippen LogP) is 5.34. The Hall–Kier alpha value is -2.75. The number of hydrogen-bond acceptors (Lipinski definition) is 7. The van der Waals surface area contributed by atoms with Crippen molar-refractivity contribution in [2.45, 2.75) is 101 Å². The van der Waals surface area contributed by atoms with Gasteiger partial charge in [-0.2, -0.15) is 0 Å². The number of pyridine rings is 1. The van der Waals surface area contributed by atoms with Crippen molar-refractivity contribution in [3.05, 3.63) is 52.5 Å². The standard InChI is InChI=1S/C33H45FN4O4/c1-41-31-28(18-22(19-29(31)34)20-38-25-10-11-26(38)13-12-25)30(33(39)40)37-16-14-27(21-37)42-17-4-2-3-7-24-9-8-23-6-5-15-35-32(23)36-24/h8-9,18-19,25-27,30H,2-7,10-17,20-21H2,1H3,(H,35,36)(H,39,40)/t25?,26?,27-,30+/m1/s1. The molecule has 0 radical (unpaired) electrons. The number of unbranched alkanes of at least 4 members (excludes halogenated alkanes) is 2. The van der Waals surface area contributed by atoms with E-state index in [0.29, 0.717) is 43.9 Å². The summed E-state index contributed by atoms with van der Waals surface area (Å²) in [5.41, 5.74) is 3.68. The monoisotopic (exact) mass is 580 g/mol. The molecule has 4 aliphatic rings. The molecule has 5 heterocycles. The number of likely N-dealkylation sites (tertiary alicyclic amines) is 1. The number of benzene rings is 1. The van der Waals surface area contributed by atoms with Crippen LogP contribution >= 0.6 is 0 Å². The molecule has 3 saturated heterocycles. The summed E-state index contributed by atoms with van der Waals surface area (Å²) in [5, 5.41) is 13.7. The Morgan fingerprint density at radius 3 is 2.71 bits per heavy atom. The van der Waals surface area contributed by atoms with Gasteiger partial charge in [-0.15, -0.1) is 0 Å². The lowest BCUT2D eigenvalue weighted by Crippen LogP contribution is -2.34. The number of aromatic nitrogens is 1. The van der Waals surface area contributed by atoms with E-state index in [1.165, 1.54) is 50.8 Å². The molecule has 1 aromatic carbocycles. The largest absolute Gasteiger partial charge is 0.493 e. The third kappa shape index (κ3) is 6.43. The van der Waals surface area contributed by atoms with Crippen molar-refractivity contribution >= 4 is 11.8 Å². The Morgan fingerprint density at radius 2 is 1.95 bits per heavy atom. The number of rotatable bonds is 13. The number of anilines is 1. The second-order valence-electron chi connectivity index (χ2n) is 12.5. The van der Waals surface area contributed by atoms with Gasteiger partial charge in [-0.1, -0.05) is 12.5 Å². The number of aryl methyl sites for hydroxylation is 2. The smallest absolute Gasteiger partial charge is 0.325 e. The first-order chi connectivity index (χ1) is 20.5. The zero-order valence-corrected chi connectivity index (χ0v) is 24.8. The van der Waals surface area contributed by atoms with Crippen LogP contribution in [0.1, 0.15) is 86.2 Å². The Morgan fingerprint density at radius 1 is 1.14 bits per heavy atom. The highest BCUT2D eigenvalue weighted by Crippen LogP contribution is 2.40. The molecule has 0 saturated carbocycles. The number of nitrogens with one attached hydrogen (secondary N) is 1. The van der Waals surface area contributed by atoms with Crippen molar-refractivity contribution in [3.8, 4) is 5.75 Å². The number of methoxy groups -OCH3 is 1. The lowest BCUT2D eigenvalue weighted by Gasteiger charge is -2.28. The SMILES string of the molecule is COc1c(F)cc(CN2C3CCC2CC3)cc1[C@@H](C(=O)O)N1CC[C@@H](OCCCCCc2ccc3c(n2)NCCC3)C1. The van der Waals surface area contributed by atoms with Crippen LogP contribution in [0.25, 0.3) is 0 Å².